The van der Waals surface area contributed by atoms with Crippen LogP contribution in [-0.4, -0.2) is 34.2 Å². The van der Waals surface area contributed by atoms with Gasteiger partial charge in [0.05, 0.1) is 35.8 Å². The number of nitrogens with zero attached hydrogens (tertiary/aromatic N) is 2. The Labute approximate surface area is 205 Å². The molecule has 8 nitrogen and oxygen atoms in total. The second-order valence-corrected chi connectivity index (χ2v) is 9.69. The highest BCUT2D eigenvalue weighted by Gasteiger charge is 2.19. The van der Waals surface area contributed by atoms with Crippen LogP contribution in [-0.2, 0) is 4.74 Å². The first-order chi connectivity index (χ1) is 16.4. The summed E-state index contributed by atoms with van der Waals surface area (Å²) in [4.78, 5) is 46.7. The van der Waals surface area contributed by atoms with E-state index in [2.05, 4.69) is 9.97 Å². The van der Waals surface area contributed by atoms with Gasteiger partial charge in [0.15, 0.2) is 0 Å². The molecule has 0 radical (unpaired) electrons. The van der Waals surface area contributed by atoms with Crippen molar-refractivity contribution < 1.29 is 14.3 Å². The largest absolute Gasteiger partial charge is 0.497 e. The van der Waals surface area contributed by atoms with Gasteiger partial charge in [-0.2, -0.15) is 0 Å². The summed E-state index contributed by atoms with van der Waals surface area (Å²) in [6, 6.07) is 8.59. The Balaban J connectivity index is 1.70. The number of nitrogens with one attached hydrogen (secondary N) is 1. The Morgan fingerprint density at radius 2 is 1.97 bits per heavy atom. The molecule has 0 saturated heterocycles. The summed E-state index contributed by atoms with van der Waals surface area (Å²) < 4.78 is 12.3. The number of H-pyrrole nitrogens is 1. The number of methoxy groups -OCH3 is 1. The fourth-order valence-electron chi connectivity index (χ4n) is 3.59. The lowest BCUT2D eigenvalue weighted by molar-refractivity contribution is 0.0532. The van der Waals surface area contributed by atoms with Crippen molar-refractivity contribution in [1.82, 2.24) is 14.5 Å². The van der Waals surface area contributed by atoms with Gasteiger partial charge in [-0.25, -0.2) is 14.2 Å². The van der Waals surface area contributed by atoms with Gasteiger partial charge in [0.25, 0.3) is 5.56 Å². The fourth-order valence-corrected chi connectivity index (χ4v) is 5.96. The summed E-state index contributed by atoms with van der Waals surface area (Å²) in [6.07, 6.45) is 3.01. The lowest BCUT2D eigenvalue weighted by Crippen LogP contribution is -2.33. The maximum atomic E-state index is 13.5. The lowest BCUT2D eigenvalue weighted by atomic mass is 10.2. The van der Waals surface area contributed by atoms with Crippen LogP contribution >= 0.6 is 34.3 Å². The van der Waals surface area contributed by atoms with Crippen molar-refractivity contribution in [2.75, 3.05) is 13.7 Å². The van der Waals surface area contributed by atoms with Crippen LogP contribution in [0.2, 0.25) is 5.02 Å². The standard InChI is InChI=1S/C23H16ClN3O5S2/c1-3-32-22(29)18-6-11-9-25-10-16(19(11)34-18)27-21(28)20-15(26-23(27)30)8-17(33-20)13-7-12(31-2)4-5-14(13)24/h4-10H,3H2,1-2H3,(H,26,30). The van der Waals surface area contributed by atoms with E-state index in [0.29, 0.717) is 52.1 Å². The summed E-state index contributed by atoms with van der Waals surface area (Å²) in [5.74, 6) is 0.153. The molecule has 0 unspecified atom stereocenters. The van der Waals surface area contributed by atoms with Crippen molar-refractivity contribution in [1.29, 1.82) is 0 Å². The number of aromatic nitrogens is 3. The highest BCUT2D eigenvalue weighted by Crippen LogP contribution is 2.37. The molecule has 5 rings (SSSR count). The molecule has 172 valence electrons. The smallest absolute Gasteiger partial charge is 0.348 e. The Kier molecular flexibility index (Phi) is 5.72. The number of thiophene rings is 2. The molecule has 34 heavy (non-hydrogen) atoms. The fraction of sp³-hybridized carbons (Fsp3) is 0.130. The van der Waals surface area contributed by atoms with Gasteiger partial charge in [-0.15, -0.1) is 22.7 Å². The third-order valence-corrected chi connectivity index (χ3v) is 7.77. The summed E-state index contributed by atoms with van der Waals surface area (Å²) in [5, 5.41) is 1.13. The van der Waals surface area contributed by atoms with Crippen LogP contribution in [0.3, 0.4) is 0 Å². The van der Waals surface area contributed by atoms with Crippen molar-refractivity contribution in [3.8, 4) is 21.9 Å². The minimum Gasteiger partial charge on any atom is -0.497 e. The number of fused-ring (bicyclic) bond motifs is 2. The van der Waals surface area contributed by atoms with Crippen molar-refractivity contribution in [3.05, 3.63) is 73.5 Å². The van der Waals surface area contributed by atoms with Gasteiger partial charge < -0.3 is 14.5 Å². The molecular formula is C23H16ClN3O5S2. The number of ether oxygens (including phenoxy) is 2. The van der Waals surface area contributed by atoms with E-state index in [0.717, 1.165) is 15.9 Å². The van der Waals surface area contributed by atoms with Crippen LogP contribution in [0.15, 0.2) is 52.3 Å². The molecule has 4 aromatic heterocycles. The molecule has 0 saturated carbocycles. The van der Waals surface area contributed by atoms with Crippen molar-refractivity contribution in [2.24, 2.45) is 0 Å². The van der Waals surface area contributed by atoms with Crippen LogP contribution in [0.25, 0.3) is 36.4 Å². The van der Waals surface area contributed by atoms with Gasteiger partial charge in [0, 0.05) is 27.0 Å². The number of carbonyl (C=O) groups excluding carboxylic acids is 1. The SMILES string of the molecule is CCOC(=O)c1cc2cncc(-n3c(=O)[nH]c4cc(-c5cc(OC)ccc5Cl)sc4c3=O)c2s1. The van der Waals surface area contributed by atoms with E-state index in [-0.39, 0.29) is 6.61 Å². The molecule has 5 aromatic rings. The van der Waals surface area contributed by atoms with E-state index in [1.54, 1.807) is 50.6 Å². The first-order valence-corrected chi connectivity index (χ1v) is 12.1. The summed E-state index contributed by atoms with van der Waals surface area (Å²) >= 11 is 8.74. The Bertz CT molecular complexity index is 1700. The monoisotopic (exact) mass is 513 g/mol. The second-order valence-electron chi connectivity index (χ2n) is 7.18. The molecule has 0 aliphatic rings. The third kappa shape index (κ3) is 3.69. The van der Waals surface area contributed by atoms with Gasteiger partial charge in [-0.05, 0) is 37.3 Å². The van der Waals surface area contributed by atoms with Crippen LogP contribution in [0.5, 0.6) is 5.75 Å². The number of halogens is 1. The van der Waals surface area contributed by atoms with E-state index in [9.17, 15) is 14.4 Å². The molecule has 0 bridgehead atoms. The minimum absolute atomic E-state index is 0.242. The van der Waals surface area contributed by atoms with E-state index in [1.165, 1.54) is 17.5 Å². The van der Waals surface area contributed by atoms with Crippen molar-refractivity contribution in [3.63, 3.8) is 0 Å². The van der Waals surface area contributed by atoms with E-state index in [4.69, 9.17) is 21.1 Å². The zero-order valence-corrected chi connectivity index (χ0v) is 20.3. The predicted molar refractivity (Wildman–Crippen MR) is 134 cm³/mol. The molecule has 0 atom stereocenters. The molecule has 0 amide bonds. The first-order valence-electron chi connectivity index (χ1n) is 10.1. The Morgan fingerprint density at radius 1 is 1.15 bits per heavy atom. The van der Waals surface area contributed by atoms with Crippen LogP contribution in [0, 0.1) is 0 Å². The number of esters is 1. The van der Waals surface area contributed by atoms with Gasteiger partial charge in [0.2, 0.25) is 0 Å². The average Bonchev–Trinajstić information content (AvgIpc) is 3.45. The maximum absolute atomic E-state index is 13.5. The number of hydrogen-bond donors (Lipinski definition) is 1. The average molecular weight is 514 g/mol. The predicted octanol–water partition coefficient (Wildman–Crippen LogP) is 4.86. The number of carbonyl (C=O) groups is 1. The van der Waals surface area contributed by atoms with Gasteiger partial charge >= 0.3 is 11.7 Å². The Hall–Kier alpha value is -3.47. The highest BCUT2D eigenvalue weighted by atomic mass is 35.5. The summed E-state index contributed by atoms with van der Waals surface area (Å²) in [5.41, 5.74) is 0.285. The van der Waals surface area contributed by atoms with E-state index >= 15 is 0 Å². The highest BCUT2D eigenvalue weighted by molar-refractivity contribution is 7.22. The molecule has 1 aromatic carbocycles. The summed E-state index contributed by atoms with van der Waals surface area (Å²) in [6.45, 7) is 1.96. The molecular weight excluding hydrogens is 498 g/mol. The number of hydrogen-bond acceptors (Lipinski definition) is 8. The third-order valence-electron chi connectivity index (χ3n) is 5.13. The van der Waals surface area contributed by atoms with Crippen LogP contribution in [0.1, 0.15) is 16.6 Å². The molecule has 0 fully saturated rings. The quantitative estimate of drug-likeness (QED) is 0.337. The normalized spacial score (nSPS) is 11.3. The van der Waals surface area contributed by atoms with E-state index in [1.807, 2.05) is 0 Å². The van der Waals surface area contributed by atoms with Crippen LogP contribution < -0.4 is 16.0 Å². The molecule has 0 aliphatic heterocycles. The van der Waals surface area contributed by atoms with Gasteiger partial charge in [-0.1, -0.05) is 11.6 Å². The molecule has 0 spiro atoms. The molecule has 4 heterocycles. The zero-order chi connectivity index (χ0) is 24.0. The van der Waals surface area contributed by atoms with Crippen LogP contribution in [0.4, 0.5) is 0 Å². The molecule has 11 heteroatoms. The molecule has 1 N–H and O–H groups in total. The second kappa shape index (κ2) is 8.71. The van der Waals surface area contributed by atoms with Gasteiger partial charge in [0.1, 0.15) is 15.3 Å². The number of aromatic amines is 1. The van der Waals surface area contributed by atoms with Crippen molar-refractivity contribution in [2.45, 2.75) is 6.92 Å². The van der Waals surface area contributed by atoms with E-state index < -0.39 is 17.2 Å². The number of rotatable bonds is 5. The topological polar surface area (TPSA) is 103 Å². The first kappa shape index (κ1) is 22.3. The summed E-state index contributed by atoms with van der Waals surface area (Å²) in [7, 11) is 1.56. The van der Waals surface area contributed by atoms with Gasteiger partial charge in [-0.3, -0.25) is 9.78 Å². The maximum Gasteiger partial charge on any atom is 0.348 e. The van der Waals surface area contributed by atoms with Crippen molar-refractivity contribution >= 4 is 60.5 Å². The minimum atomic E-state index is -0.612. The lowest BCUT2D eigenvalue weighted by Gasteiger charge is -2.05. The zero-order valence-electron chi connectivity index (χ0n) is 17.9. The Morgan fingerprint density at radius 3 is 2.74 bits per heavy atom. The number of pyridine rings is 1. The molecule has 0 aliphatic carbocycles. The number of benzene rings is 1.